The zero-order valence-electron chi connectivity index (χ0n) is 13.8. The van der Waals surface area contributed by atoms with Crippen molar-refractivity contribution in [2.75, 3.05) is 13.2 Å². The van der Waals surface area contributed by atoms with Crippen LogP contribution in [-0.4, -0.2) is 46.8 Å². The van der Waals surface area contributed by atoms with E-state index >= 15 is 0 Å². The van der Waals surface area contributed by atoms with Gasteiger partial charge in [-0.2, -0.15) is 0 Å². The molecule has 0 amide bonds. The van der Waals surface area contributed by atoms with E-state index in [1.165, 1.54) is 6.92 Å². The molecule has 0 bridgehead atoms. The molecule has 25 heavy (non-hydrogen) atoms. The summed E-state index contributed by atoms with van der Waals surface area (Å²) in [5.41, 5.74) is 0.176. The van der Waals surface area contributed by atoms with Crippen molar-refractivity contribution in [3.8, 4) is 0 Å². The monoisotopic (exact) mass is 384 g/mol. The van der Waals surface area contributed by atoms with Crippen LogP contribution >= 0.6 is 0 Å². The van der Waals surface area contributed by atoms with Crippen LogP contribution in [0.1, 0.15) is 13.8 Å². The molecule has 0 saturated carbocycles. The molecule has 12 nitrogen and oxygen atoms in total. The van der Waals surface area contributed by atoms with Crippen LogP contribution in [0.25, 0.3) is 0 Å². The summed E-state index contributed by atoms with van der Waals surface area (Å²) in [4.78, 5) is 28.0. The number of hydrogen-bond acceptors (Lipinski definition) is 9. The van der Waals surface area contributed by atoms with Crippen LogP contribution in [0.5, 0.6) is 0 Å². The molecule has 3 N–H and O–H groups in total. The van der Waals surface area contributed by atoms with E-state index in [4.69, 9.17) is 38.8 Å². The van der Waals surface area contributed by atoms with Crippen LogP contribution in [0, 0.1) is 10.2 Å². The number of hydrogen-bond donors (Lipinski definition) is 3. The maximum absolute atomic E-state index is 9.80. The minimum Gasteiger partial charge on any atom is -0.478 e. The fourth-order valence-electron chi connectivity index (χ4n) is 0.292. The Bertz CT molecular complexity index is 363. The molecular formula is C11H18ClLiO12. The third-order valence-corrected chi connectivity index (χ3v) is 0.888. The molecule has 0 aliphatic carbocycles. The van der Waals surface area contributed by atoms with Gasteiger partial charge in [-0.25, -0.2) is 33.0 Å². The Labute approximate surface area is 157 Å². The fraction of sp³-hybridized carbons (Fsp3) is 0.364. The zero-order valence-corrected chi connectivity index (χ0v) is 14.6. The third-order valence-electron chi connectivity index (χ3n) is 0.888. The molecule has 0 radical (unpaired) electrons. The number of carboxylic acids is 1. The molecule has 0 spiro atoms. The zero-order chi connectivity index (χ0) is 20.3. The quantitative estimate of drug-likeness (QED) is 0.166. The Morgan fingerprint density at radius 3 is 1.32 bits per heavy atom. The van der Waals surface area contributed by atoms with Gasteiger partial charge in [-0.3, -0.25) is 0 Å². The first kappa shape index (κ1) is 34.5. The number of carbonyl (C=O) groups is 3. The van der Waals surface area contributed by atoms with Crippen molar-refractivity contribution in [1.82, 2.24) is 0 Å². The second-order valence-corrected chi connectivity index (χ2v) is 3.86. The Balaban J connectivity index is -0.0000000675. The van der Waals surface area contributed by atoms with Gasteiger partial charge in [0.25, 0.3) is 0 Å². The summed E-state index contributed by atoms with van der Waals surface area (Å²) in [7, 11) is -4.94. The second kappa shape index (κ2) is 22.2. The van der Waals surface area contributed by atoms with E-state index in [0.29, 0.717) is 13.2 Å². The molecule has 0 aromatic rings. The van der Waals surface area contributed by atoms with Gasteiger partial charge in [-0.1, -0.05) is 12.7 Å². The van der Waals surface area contributed by atoms with Crippen molar-refractivity contribution < 1.29 is 86.9 Å². The third kappa shape index (κ3) is 107. The van der Waals surface area contributed by atoms with Crippen molar-refractivity contribution in [2.45, 2.75) is 13.8 Å². The number of cyclic esters (lactones) is 2. The topological polar surface area (TPSA) is 223 Å². The van der Waals surface area contributed by atoms with Crippen molar-refractivity contribution in [3.63, 3.8) is 0 Å². The molecule has 1 rings (SSSR count). The van der Waals surface area contributed by atoms with E-state index in [1.807, 2.05) is 6.92 Å². The summed E-state index contributed by atoms with van der Waals surface area (Å²) in [6.07, 6.45) is -0.630. The van der Waals surface area contributed by atoms with Gasteiger partial charge in [0.2, 0.25) is 0 Å². The number of ether oxygens (including phenoxy) is 2. The van der Waals surface area contributed by atoms with Gasteiger partial charge >= 0.3 is 37.1 Å². The smallest absolute Gasteiger partial charge is 0.478 e. The Kier molecular flexibility index (Phi) is 30.7. The van der Waals surface area contributed by atoms with Crippen LogP contribution in [0.2, 0.25) is 0 Å². The van der Waals surface area contributed by atoms with Crippen LogP contribution in [0.15, 0.2) is 24.8 Å². The van der Waals surface area contributed by atoms with Crippen LogP contribution in [0.3, 0.4) is 0 Å². The maximum Gasteiger partial charge on any atom is 1.00 e. The van der Waals surface area contributed by atoms with Gasteiger partial charge in [-0.05, 0) is 13.8 Å². The van der Waals surface area contributed by atoms with Crippen molar-refractivity contribution in [3.05, 3.63) is 24.8 Å². The molecule has 0 atom stereocenters. The number of rotatable bonds is 1. The number of carboxylic acid groups (broad SMARTS) is 3. The molecule has 14 heteroatoms. The van der Waals surface area contributed by atoms with Gasteiger partial charge in [-0.15, -0.1) is 16.8 Å². The average molecular weight is 385 g/mol. The van der Waals surface area contributed by atoms with Gasteiger partial charge in [0, 0.05) is 5.57 Å². The summed E-state index contributed by atoms with van der Waals surface area (Å²) in [5, 5.41) is 21.8. The first-order valence-corrected chi connectivity index (χ1v) is 6.71. The molecule has 1 aliphatic rings. The summed E-state index contributed by atoms with van der Waals surface area (Å²) >= 11 is 0. The SMILES string of the molecule is C=C(C)C(=O)O.C=CC.O=C(O)O.O=C1OCCO1.[Li+].[O-][Cl+3]([O-])([O-])[O-]. The van der Waals surface area contributed by atoms with E-state index < -0.39 is 28.5 Å². The molecule has 0 aromatic heterocycles. The van der Waals surface area contributed by atoms with E-state index in [9.17, 15) is 9.59 Å². The number of aliphatic carboxylic acids is 1. The number of carbonyl (C=O) groups excluding carboxylic acids is 1. The molecule has 1 heterocycles. The fourth-order valence-corrected chi connectivity index (χ4v) is 0.292. The minimum absolute atomic E-state index is 0. The summed E-state index contributed by atoms with van der Waals surface area (Å²) < 4.78 is 42.6. The minimum atomic E-state index is -4.94. The molecular weight excluding hydrogens is 367 g/mol. The normalized spacial score (nSPS) is 10.4. The first-order valence-electron chi connectivity index (χ1n) is 5.48. The Morgan fingerprint density at radius 1 is 1.12 bits per heavy atom. The average Bonchev–Trinajstić information content (AvgIpc) is 2.79. The maximum atomic E-state index is 9.80. The van der Waals surface area contributed by atoms with Gasteiger partial charge in [0.15, 0.2) is 0 Å². The van der Waals surface area contributed by atoms with Crippen molar-refractivity contribution in [1.29, 1.82) is 0 Å². The van der Waals surface area contributed by atoms with Crippen molar-refractivity contribution in [2.24, 2.45) is 0 Å². The van der Waals surface area contributed by atoms with Gasteiger partial charge in [0.05, 0.1) is 0 Å². The molecule has 1 fully saturated rings. The van der Waals surface area contributed by atoms with E-state index in [2.05, 4.69) is 22.6 Å². The molecule has 1 aliphatic heterocycles. The van der Waals surface area contributed by atoms with Gasteiger partial charge in [0.1, 0.15) is 13.2 Å². The molecule has 142 valence electrons. The van der Waals surface area contributed by atoms with Crippen molar-refractivity contribution >= 4 is 18.3 Å². The largest absolute Gasteiger partial charge is 1.00 e. The molecule has 0 unspecified atom stereocenters. The van der Waals surface area contributed by atoms with Gasteiger partial charge < -0.3 is 24.8 Å². The second-order valence-electron chi connectivity index (χ2n) is 3.10. The van der Waals surface area contributed by atoms with Crippen LogP contribution < -0.4 is 37.5 Å². The van der Waals surface area contributed by atoms with E-state index in [1.54, 1.807) is 6.08 Å². The Hall–Kier alpha value is -1.78. The standard InChI is InChI=1S/C4H6O2.C3H4O3.C3H6.CH2O3.ClHO4.Li/c1-3(2)4(5)6;4-3-5-1-2-6-3;1-3-2;2-1(3)4;2-1(3,4)5;/h1H2,2H3,(H,5,6);1-2H2;3H,1H2,2H3;(H2,2,3,4);(H,2,3,4,5);/q;;;;;+1/p-1. The van der Waals surface area contributed by atoms with E-state index in [-0.39, 0.29) is 24.4 Å². The summed E-state index contributed by atoms with van der Waals surface area (Å²) in [6.45, 7) is 10.7. The van der Waals surface area contributed by atoms with Crippen LogP contribution in [-0.2, 0) is 14.3 Å². The van der Waals surface area contributed by atoms with E-state index in [0.717, 1.165) is 0 Å². The molecule has 0 aromatic carbocycles. The number of halogens is 1. The van der Waals surface area contributed by atoms with Crippen LogP contribution in [0.4, 0.5) is 9.59 Å². The summed E-state index contributed by atoms with van der Waals surface area (Å²) in [5.74, 6) is -0.935. The molecule has 1 saturated heterocycles. The summed E-state index contributed by atoms with van der Waals surface area (Å²) in [6, 6.07) is 0. The predicted octanol–water partition coefficient (Wildman–Crippen LogP) is -5.54. The number of allylic oxidation sites excluding steroid dienone is 1. The Morgan fingerprint density at radius 2 is 1.28 bits per heavy atom. The predicted molar refractivity (Wildman–Crippen MR) is 66.3 cm³/mol. The first-order chi connectivity index (χ1) is 10.7.